The third-order valence-corrected chi connectivity index (χ3v) is 6.18. The molecular weight excluding hydrogens is 424 g/mol. The topological polar surface area (TPSA) is 84.4 Å². The van der Waals surface area contributed by atoms with Crippen LogP contribution in [0.25, 0.3) is 0 Å². The van der Waals surface area contributed by atoms with Gasteiger partial charge in [0.25, 0.3) is 5.91 Å². The van der Waals surface area contributed by atoms with Crippen LogP contribution in [-0.2, 0) is 4.79 Å². The Kier molecular flexibility index (Phi) is 5.69. The normalized spacial score (nSPS) is 16.0. The van der Waals surface area contributed by atoms with Crippen LogP contribution in [0, 0.1) is 6.92 Å². The number of hydrogen-bond donors (Lipinski definition) is 1. The molecule has 0 saturated carbocycles. The fourth-order valence-corrected chi connectivity index (χ4v) is 4.45. The van der Waals surface area contributed by atoms with Crippen molar-refractivity contribution in [2.45, 2.75) is 19.3 Å². The third-order valence-electron chi connectivity index (χ3n) is 4.95. The number of nitrogens with one attached hydrogen (secondary N) is 1. The van der Waals surface area contributed by atoms with Gasteiger partial charge in [-0.3, -0.25) is 14.9 Å². The van der Waals surface area contributed by atoms with E-state index in [1.165, 1.54) is 24.5 Å². The Bertz CT molecular complexity index is 1120. The number of ether oxygens (including phenoxy) is 1. The van der Waals surface area contributed by atoms with Gasteiger partial charge in [0, 0.05) is 29.6 Å². The lowest BCUT2D eigenvalue weighted by molar-refractivity contribution is -0.117. The van der Waals surface area contributed by atoms with Crippen LogP contribution < -0.4 is 15.0 Å². The first-order chi connectivity index (χ1) is 14.5. The summed E-state index contributed by atoms with van der Waals surface area (Å²) in [5.41, 5.74) is 2.27. The first-order valence-corrected chi connectivity index (χ1v) is 10.5. The summed E-state index contributed by atoms with van der Waals surface area (Å²) < 4.78 is 5.23. The molecule has 2 heterocycles. The van der Waals surface area contributed by atoms with Crippen molar-refractivity contribution in [2.75, 3.05) is 23.9 Å². The van der Waals surface area contributed by atoms with Crippen LogP contribution in [0.4, 0.5) is 10.8 Å². The van der Waals surface area contributed by atoms with E-state index in [0.29, 0.717) is 39.4 Å². The average Bonchev–Trinajstić information content (AvgIpc) is 3.35. The van der Waals surface area contributed by atoms with Gasteiger partial charge in [0.1, 0.15) is 10.8 Å². The van der Waals surface area contributed by atoms with Crippen LogP contribution in [0.3, 0.4) is 0 Å². The SMILES string of the molecule is COc1ccc(Cl)cc1C(=O)Nc1nnc([C@H]2CC(=O)N(c3ccccc3C)C2)s1. The first-order valence-electron chi connectivity index (χ1n) is 9.30. The first kappa shape index (κ1) is 20.3. The van der Waals surface area contributed by atoms with Crippen LogP contribution in [-0.4, -0.2) is 35.7 Å². The van der Waals surface area contributed by atoms with E-state index in [-0.39, 0.29) is 17.7 Å². The Balaban J connectivity index is 1.49. The zero-order valence-corrected chi connectivity index (χ0v) is 18.0. The molecule has 1 aromatic heterocycles. The molecule has 1 saturated heterocycles. The zero-order chi connectivity index (χ0) is 21.3. The number of aryl methyl sites for hydroxylation is 1. The number of benzene rings is 2. The fraction of sp³-hybridized carbons (Fsp3) is 0.238. The van der Waals surface area contributed by atoms with Gasteiger partial charge in [-0.25, -0.2) is 0 Å². The average molecular weight is 443 g/mol. The molecule has 3 aromatic rings. The molecule has 4 rings (SSSR count). The van der Waals surface area contributed by atoms with Gasteiger partial charge in [0.15, 0.2) is 0 Å². The number of nitrogens with zero attached hydrogens (tertiary/aromatic N) is 3. The Hall–Kier alpha value is -2.97. The van der Waals surface area contributed by atoms with Crippen LogP contribution in [0.1, 0.15) is 33.3 Å². The number of para-hydroxylation sites is 1. The van der Waals surface area contributed by atoms with Gasteiger partial charge >= 0.3 is 0 Å². The van der Waals surface area contributed by atoms with Crippen molar-refractivity contribution in [3.05, 3.63) is 63.6 Å². The summed E-state index contributed by atoms with van der Waals surface area (Å²) in [5.74, 6) is 0.0118. The molecule has 2 amide bonds. The number of aromatic nitrogens is 2. The molecule has 1 fully saturated rings. The van der Waals surface area contributed by atoms with Gasteiger partial charge < -0.3 is 9.64 Å². The van der Waals surface area contributed by atoms with Gasteiger partial charge in [0.2, 0.25) is 11.0 Å². The quantitative estimate of drug-likeness (QED) is 0.637. The number of rotatable bonds is 5. The second-order valence-corrected chi connectivity index (χ2v) is 8.38. The predicted molar refractivity (Wildman–Crippen MR) is 117 cm³/mol. The highest BCUT2D eigenvalue weighted by Crippen LogP contribution is 2.35. The Morgan fingerprint density at radius 3 is 2.83 bits per heavy atom. The van der Waals surface area contributed by atoms with E-state index in [2.05, 4.69) is 15.5 Å². The highest BCUT2D eigenvalue weighted by atomic mass is 35.5. The molecule has 1 N–H and O–H groups in total. The molecule has 0 unspecified atom stereocenters. The zero-order valence-electron chi connectivity index (χ0n) is 16.4. The smallest absolute Gasteiger partial charge is 0.261 e. The number of carbonyl (C=O) groups excluding carboxylic acids is 2. The minimum Gasteiger partial charge on any atom is -0.496 e. The lowest BCUT2D eigenvalue weighted by Gasteiger charge is -2.18. The minimum atomic E-state index is -0.388. The summed E-state index contributed by atoms with van der Waals surface area (Å²) in [4.78, 5) is 27.0. The van der Waals surface area contributed by atoms with E-state index < -0.39 is 0 Å². The molecular formula is C21H19ClN4O3S. The van der Waals surface area contributed by atoms with Crippen molar-refractivity contribution in [1.29, 1.82) is 0 Å². The van der Waals surface area contributed by atoms with Crippen LogP contribution >= 0.6 is 22.9 Å². The van der Waals surface area contributed by atoms with Crippen LogP contribution in [0.5, 0.6) is 5.75 Å². The standard InChI is InChI=1S/C21H19ClN4O3S/c1-12-5-3-4-6-16(12)26-11-13(9-18(26)27)20-24-25-21(30-20)23-19(28)15-10-14(22)7-8-17(15)29-2/h3-8,10,13H,9,11H2,1-2H3,(H,23,25,28)/t13-/m0/s1. The summed E-state index contributed by atoms with van der Waals surface area (Å²) in [7, 11) is 1.49. The third kappa shape index (κ3) is 4.01. The molecule has 0 radical (unpaired) electrons. The van der Waals surface area contributed by atoms with Crippen molar-refractivity contribution in [1.82, 2.24) is 10.2 Å². The number of amides is 2. The van der Waals surface area contributed by atoms with E-state index >= 15 is 0 Å². The number of hydrogen-bond acceptors (Lipinski definition) is 6. The maximum atomic E-state index is 12.6. The Labute approximate surface area is 182 Å². The second kappa shape index (κ2) is 8.41. The predicted octanol–water partition coefficient (Wildman–Crippen LogP) is 4.28. The number of carbonyl (C=O) groups is 2. The molecule has 0 spiro atoms. The van der Waals surface area contributed by atoms with Crippen molar-refractivity contribution in [3.63, 3.8) is 0 Å². The molecule has 1 aliphatic rings. The molecule has 0 bridgehead atoms. The van der Waals surface area contributed by atoms with Crippen LogP contribution in [0.2, 0.25) is 5.02 Å². The molecule has 1 aliphatic heterocycles. The van der Waals surface area contributed by atoms with Crippen molar-refractivity contribution in [2.24, 2.45) is 0 Å². The lowest BCUT2D eigenvalue weighted by Crippen LogP contribution is -2.25. The Morgan fingerprint density at radius 1 is 1.27 bits per heavy atom. The van der Waals surface area contributed by atoms with E-state index in [1.54, 1.807) is 17.0 Å². The van der Waals surface area contributed by atoms with Crippen LogP contribution in [0.15, 0.2) is 42.5 Å². The van der Waals surface area contributed by atoms with Crippen molar-refractivity contribution >= 4 is 45.6 Å². The summed E-state index contributed by atoms with van der Waals surface area (Å²) in [6.45, 7) is 2.52. The highest BCUT2D eigenvalue weighted by Gasteiger charge is 2.34. The second-order valence-electron chi connectivity index (χ2n) is 6.94. The largest absolute Gasteiger partial charge is 0.496 e. The maximum absolute atomic E-state index is 12.6. The van der Waals surface area contributed by atoms with Gasteiger partial charge in [-0.05, 0) is 36.8 Å². The number of halogens is 1. The summed E-state index contributed by atoms with van der Waals surface area (Å²) in [6, 6.07) is 12.6. The number of anilines is 2. The molecule has 1 atom stereocenters. The van der Waals surface area contributed by atoms with E-state index in [1.807, 2.05) is 31.2 Å². The maximum Gasteiger partial charge on any atom is 0.261 e. The molecule has 7 nitrogen and oxygen atoms in total. The van der Waals surface area contributed by atoms with Crippen molar-refractivity contribution in [3.8, 4) is 5.75 Å². The van der Waals surface area contributed by atoms with E-state index in [9.17, 15) is 9.59 Å². The van der Waals surface area contributed by atoms with Gasteiger partial charge in [-0.2, -0.15) is 0 Å². The summed E-state index contributed by atoms with van der Waals surface area (Å²) in [5, 5.41) is 12.5. The monoisotopic (exact) mass is 442 g/mol. The minimum absolute atomic E-state index is 0.0544. The van der Waals surface area contributed by atoms with Gasteiger partial charge in [-0.1, -0.05) is 41.1 Å². The number of methoxy groups -OCH3 is 1. The van der Waals surface area contributed by atoms with Crippen molar-refractivity contribution < 1.29 is 14.3 Å². The fourth-order valence-electron chi connectivity index (χ4n) is 3.44. The van der Waals surface area contributed by atoms with Gasteiger partial charge in [-0.15, -0.1) is 10.2 Å². The van der Waals surface area contributed by atoms with E-state index in [0.717, 1.165) is 11.3 Å². The summed E-state index contributed by atoms with van der Waals surface area (Å²) in [6.07, 6.45) is 0.360. The molecule has 154 valence electrons. The molecule has 30 heavy (non-hydrogen) atoms. The molecule has 0 aliphatic carbocycles. The van der Waals surface area contributed by atoms with Gasteiger partial charge in [0.05, 0.1) is 12.7 Å². The van der Waals surface area contributed by atoms with E-state index in [4.69, 9.17) is 16.3 Å². The summed E-state index contributed by atoms with van der Waals surface area (Å²) >= 11 is 7.27. The highest BCUT2D eigenvalue weighted by molar-refractivity contribution is 7.15. The molecule has 9 heteroatoms. The lowest BCUT2D eigenvalue weighted by atomic mass is 10.1. The molecule has 2 aromatic carbocycles. The Morgan fingerprint density at radius 2 is 2.07 bits per heavy atom.